The first kappa shape index (κ1) is 25.7. The summed E-state index contributed by atoms with van der Waals surface area (Å²) in [5.41, 5.74) is 2.07. The van der Waals surface area contributed by atoms with E-state index in [0.717, 1.165) is 63.3 Å². The number of nitrogens with zero attached hydrogens (tertiary/aromatic N) is 2. The number of methoxy groups -OCH3 is 1. The number of carbonyl (C=O) groups is 2. The number of piperazine rings is 1. The van der Waals surface area contributed by atoms with Crippen molar-refractivity contribution < 1.29 is 22.7 Å². The number of ketones is 1. The molecule has 1 aliphatic heterocycles. The molecule has 1 heterocycles. The third-order valence-corrected chi connectivity index (χ3v) is 6.57. The number of para-hydroxylation sites is 2. The number of anilines is 2. The molecule has 0 saturated carbocycles. The largest absolute Gasteiger partial charge is 0.495 e. The van der Waals surface area contributed by atoms with Gasteiger partial charge in [-0.1, -0.05) is 24.3 Å². The topological polar surface area (TPSA) is 96.0 Å². The molecular formula is C25H33N3O5S. The molecule has 1 fully saturated rings. The van der Waals surface area contributed by atoms with Gasteiger partial charge in [0.25, 0.3) is 0 Å². The second-order valence-electron chi connectivity index (χ2n) is 8.58. The van der Waals surface area contributed by atoms with Gasteiger partial charge >= 0.3 is 0 Å². The quantitative estimate of drug-likeness (QED) is 0.385. The Bertz CT molecular complexity index is 1100. The molecule has 0 atom stereocenters. The summed E-state index contributed by atoms with van der Waals surface area (Å²) in [5, 5.41) is 2.54. The van der Waals surface area contributed by atoms with Crippen LogP contribution in [0.3, 0.4) is 0 Å². The van der Waals surface area contributed by atoms with E-state index in [4.69, 9.17) is 4.74 Å². The number of carbonyl (C=O) groups excluding carboxylic acids is 2. The zero-order chi connectivity index (χ0) is 24.6. The third-order valence-electron chi connectivity index (χ3n) is 5.79. The lowest BCUT2D eigenvalue weighted by Gasteiger charge is -2.36. The van der Waals surface area contributed by atoms with Crippen LogP contribution in [-0.2, 0) is 14.6 Å². The number of hydrogen-bond donors (Lipinski definition) is 1. The van der Waals surface area contributed by atoms with Crippen LogP contribution in [0.5, 0.6) is 5.75 Å². The van der Waals surface area contributed by atoms with Gasteiger partial charge in [0.05, 0.1) is 12.8 Å². The van der Waals surface area contributed by atoms with Crippen molar-refractivity contribution in [2.45, 2.75) is 19.3 Å². The molecule has 1 saturated heterocycles. The number of unbranched alkanes of at least 4 members (excludes halogenated alkanes) is 1. The number of nitrogens with one attached hydrogen (secondary N) is 1. The standard InChI is InChI=1S/C25H33N3O5S/c1-33-24-12-4-3-10-22(24)28-16-14-27(15-17-28)13-6-5-11-23(29)20-8-7-9-21(18-20)26-25(30)19-34(2,31)32/h3-4,7-10,12,18H,5-6,11,13-17,19H2,1-2H3,(H,26,30). The van der Waals surface area contributed by atoms with Crippen molar-refractivity contribution in [3.8, 4) is 5.75 Å². The lowest BCUT2D eigenvalue weighted by Crippen LogP contribution is -2.46. The summed E-state index contributed by atoms with van der Waals surface area (Å²) in [6.07, 6.45) is 3.16. The van der Waals surface area contributed by atoms with Crippen LogP contribution >= 0.6 is 0 Å². The number of rotatable bonds is 11. The minimum atomic E-state index is -3.41. The molecular weight excluding hydrogens is 454 g/mol. The van der Waals surface area contributed by atoms with Crippen LogP contribution in [0.25, 0.3) is 0 Å². The first-order valence-corrected chi connectivity index (χ1v) is 13.5. The van der Waals surface area contributed by atoms with Gasteiger partial charge in [-0.3, -0.25) is 14.5 Å². The molecule has 9 heteroatoms. The van der Waals surface area contributed by atoms with Crippen molar-refractivity contribution in [3.63, 3.8) is 0 Å². The lowest BCUT2D eigenvalue weighted by atomic mass is 10.0. The van der Waals surface area contributed by atoms with Crippen LogP contribution < -0.4 is 15.0 Å². The average Bonchev–Trinajstić information content (AvgIpc) is 2.81. The van der Waals surface area contributed by atoms with Crippen molar-refractivity contribution in [2.75, 3.05) is 62.1 Å². The van der Waals surface area contributed by atoms with Crippen molar-refractivity contribution >= 4 is 32.9 Å². The fourth-order valence-electron chi connectivity index (χ4n) is 4.07. The van der Waals surface area contributed by atoms with E-state index in [0.29, 0.717) is 17.7 Å². The fourth-order valence-corrected chi connectivity index (χ4v) is 4.62. The van der Waals surface area contributed by atoms with E-state index in [1.54, 1.807) is 31.4 Å². The third kappa shape index (κ3) is 7.85. The summed E-state index contributed by atoms with van der Waals surface area (Å²) >= 11 is 0. The van der Waals surface area contributed by atoms with Gasteiger partial charge in [0.1, 0.15) is 11.5 Å². The maximum Gasteiger partial charge on any atom is 0.239 e. The van der Waals surface area contributed by atoms with Gasteiger partial charge in [-0.2, -0.15) is 0 Å². The maximum absolute atomic E-state index is 12.6. The molecule has 0 spiro atoms. The Balaban J connectivity index is 1.39. The highest BCUT2D eigenvalue weighted by Crippen LogP contribution is 2.28. The molecule has 184 valence electrons. The minimum Gasteiger partial charge on any atom is -0.495 e. The van der Waals surface area contributed by atoms with Gasteiger partial charge < -0.3 is 15.0 Å². The fraction of sp³-hybridized carbons (Fsp3) is 0.440. The Morgan fingerprint density at radius 3 is 2.44 bits per heavy atom. The monoisotopic (exact) mass is 487 g/mol. The summed E-state index contributed by atoms with van der Waals surface area (Å²) in [6.45, 7) is 4.78. The van der Waals surface area contributed by atoms with Crippen LogP contribution in [0, 0.1) is 0 Å². The van der Waals surface area contributed by atoms with E-state index in [1.807, 2.05) is 18.2 Å². The van der Waals surface area contributed by atoms with E-state index in [1.165, 1.54) is 0 Å². The Kier molecular flexibility index (Phi) is 9.06. The SMILES string of the molecule is COc1ccccc1N1CCN(CCCCC(=O)c2cccc(NC(=O)CS(C)(=O)=O)c2)CC1. The zero-order valence-electron chi connectivity index (χ0n) is 19.8. The van der Waals surface area contributed by atoms with Crippen molar-refractivity contribution in [3.05, 3.63) is 54.1 Å². The van der Waals surface area contributed by atoms with E-state index >= 15 is 0 Å². The Morgan fingerprint density at radius 1 is 1.00 bits per heavy atom. The molecule has 0 unspecified atom stereocenters. The van der Waals surface area contributed by atoms with Crippen LogP contribution in [-0.4, -0.2) is 76.9 Å². The molecule has 0 bridgehead atoms. The van der Waals surface area contributed by atoms with Gasteiger partial charge in [0.15, 0.2) is 15.6 Å². The number of hydrogen-bond acceptors (Lipinski definition) is 7. The highest BCUT2D eigenvalue weighted by molar-refractivity contribution is 7.91. The second-order valence-corrected chi connectivity index (χ2v) is 10.7. The summed E-state index contributed by atoms with van der Waals surface area (Å²) in [7, 11) is -1.71. The summed E-state index contributed by atoms with van der Waals surface area (Å²) < 4.78 is 28.0. The highest BCUT2D eigenvalue weighted by atomic mass is 32.2. The van der Waals surface area contributed by atoms with Gasteiger partial charge in [-0.15, -0.1) is 0 Å². The molecule has 1 N–H and O–H groups in total. The molecule has 2 aromatic rings. The summed E-state index contributed by atoms with van der Waals surface area (Å²) in [5.74, 6) is -0.287. The van der Waals surface area contributed by atoms with E-state index in [2.05, 4.69) is 21.2 Å². The van der Waals surface area contributed by atoms with Crippen molar-refractivity contribution in [1.82, 2.24) is 4.90 Å². The molecule has 1 amide bonds. The van der Waals surface area contributed by atoms with Gasteiger partial charge in [-0.25, -0.2) is 8.42 Å². The summed E-state index contributed by atoms with van der Waals surface area (Å²) in [4.78, 5) is 29.2. The van der Waals surface area contributed by atoms with E-state index in [-0.39, 0.29) is 5.78 Å². The Hall–Kier alpha value is -2.91. The molecule has 0 aromatic heterocycles. The van der Waals surface area contributed by atoms with E-state index < -0.39 is 21.5 Å². The van der Waals surface area contributed by atoms with Gasteiger partial charge in [0.2, 0.25) is 5.91 Å². The second kappa shape index (κ2) is 12.0. The molecule has 3 rings (SSSR count). The molecule has 1 aliphatic rings. The average molecular weight is 488 g/mol. The number of sulfone groups is 1. The number of benzene rings is 2. The van der Waals surface area contributed by atoms with Crippen LogP contribution in [0.15, 0.2) is 48.5 Å². The number of amides is 1. The predicted octanol–water partition coefficient (Wildman–Crippen LogP) is 2.85. The van der Waals surface area contributed by atoms with Crippen LogP contribution in [0.2, 0.25) is 0 Å². The number of Topliss-reactive ketones (excluding diaryl/α,β-unsaturated/α-hetero) is 1. The molecule has 8 nitrogen and oxygen atoms in total. The van der Waals surface area contributed by atoms with Crippen LogP contribution in [0.1, 0.15) is 29.6 Å². The van der Waals surface area contributed by atoms with Crippen molar-refractivity contribution in [1.29, 1.82) is 0 Å². The normalized spacial score (nSPS) is 14.6. The van der Waals surface area contributed by atoms with Gasteiger partial charge in [-0.05, 0) is 43.7 Å². The number of ether oxygens (including phenoxy) is 1. The van der Waals surface area contributed by atoms with Crippen LogP contribution in [0.4, 0.5) is 11.4 Å². The van der Waals surface area contributed by atoms with Crippen molar-refractivity contribution in [2.24, 2.45) is 0 Å². The Morgan fingerprint density at radius 2 is 1.74 bits per heavy atom. The molecule has 2 aromatic carbocycles. The summed E-state index contributed by atoms with van der Waals surface area (Å²) in [6, 6.07) is 14.7. The van der Waals surface area contributed by atoms with E-state index in [9.17, 15) is 18.0 Å². The zero-order valence-corrected chi connectivity index (χ0v) is 20.6. The van der Waals surface area contributed by atoms with Gasteiger partial charge in [0, 0.05) is 50.1 Å². The minimum absolute atomic E-state index is 0.0141. The highest BCUT2D eigenvalue weighted by Gasteiger charge is 2.19. The molecule has 0 aliphatic carbocycles. The lowest BCUT2D eigenvalue weighted by molar-refractivity contribution is -0.113. The molecule has 34 heavy (non-hydrogen) atoms. The Labute approximate surface area is 201 Å². The predicted molar refractivity (Wildman–Crippen MR) is 135 cm³/mol. The maximum atomic E-state index is 12.6. The molecule has 0 radical (unpaired) electrons. The smallest absolute Gasteiger partial charge is 0.239 e. The first-order chi connectivity index (χ1) is 16.2. The first-order valence-electron chi connectivity index (χ1n) is 11.5.